The van der Waals surface area contributed by atoms with Gasteiger partial charge in [0.05, 0.1) is 5.69 Å². The van der Waals surface area contributed by atoms with E-state index in [2.05, 4.69) is 49.8 Å². The van der Waals surface area contributed by atoms with E-state index in [0.29, 0.717) is 19.4 Å². The third-order valence-electron chi connectivity index (χ3n) is 3.76. The summed E-state index contributed by atoms with van der Waals surface area (Å²) in [7, 11) is 0. The van der Waals surface area contributed by atoms with Crippen LogP contribution in [0.3, 0.4) is 0 Å². The number of amides is 1. The Bertz CT molecular complexity index is 471. The van der Waals surface area contributed by atoms with E-state index in [0.717, 1.165) is 37.0 Å². The molecule has 126 valence electrons. The molecule has 1 aromatic heterocycles. The maximum absolute atomic E-state index is 11.9. The molecule has 0 unspecified atom stereocenters. The average Bonchev–Trinajstić information content (AvgIpc) is 2.83. The SMILES string of the molecule is CCN(CC)CCNC(=O)CCc1oc(C(C)(C)C)nc1C. The smallest absolute Gasteiger partial charge is 0.220 e. The summed E-state index contributed by atoms with van der Waals surface area (Å²) in [6, 6.07) is 0. The Morgan fingerprint density at radius 2 is 1.91 bits per heavy atom. The molecule has 1 rings (SSSR count). The molecule has 0 aromatic carbocycles. The molecule has 0 aliphatic heterocycles. The minimum absolute atomic E-state index is 0.0697. The van der Waals surface area contributed by atoms with Gasteiger partial charge in [-0.25, -0.2) is 4.98 Å². The molecule has 0 atom stereocenters. The second kappa shape index (κ2) is 8.32. The standard InChI is InChI=1S/C17H31N3O2/c1-7-20(8-2)12-11-18-15(21)10-9-14-13(3)19-16(22-14)17(4,5)6/h7-12H2,1-6H3,(H,18,21). The Morgan fingerprint density at radius 3 is 2.41 bits per heavy atom. The van der Waals surface area contributed by atoms with Gasteiger partial charge in [-0.2, -0.15) is 0 Å². The molecule has 5 heteroatoms. The number of likely N-dealkylation sites (N-methyl/N-ethyl adjacent to an activating group) is 1. The van der Waals surface area contributed by atoms with Crippen molar-refractivity contribution in [2.24, 2.45) is 0 Å². The first-order valence-electron chi connectivity index (χ1n) is 8.23. The van der Waals surface area contributed by atoms with Gasteiger partial charge in [0.25, 0.3) is 0 Å². The highest BCUT2D eigenvalue weighted by atomic mass is 16.4. The van der Waals surface area contributed by atoms with Crippen LogP contribution < -0.4 is 5.32 Å². The molecule has 1 heterocycles. The normalized spacial score (nSPS) is 12.0. The topological polar surface area (TPSA) is 58.4 Å². The Morgan fingerprint density at radius 1 is 1.27 bits per heavy atom. The van der Waals surface area contributed by atoms with Crippen molar-refractivity contribution < 1.29 is 9.21 Å². The van der Waals surface area contributed by atoms with E-state index >= 15 is 0 Å². The van der Waals surface area contributed by atoms with Gasteiger partial charge in [-0.05, 0) is 20.0 Å². The number of oxazole rings is 1. The lowest BCUT2D eigenvalue weighted by Crippen LogP contribution is -2.34. The largest absolute Gasteiger partial charge is 0.445 e. The summed E-state index contributed by atoms with van der Waals surface area (Å²) in [6.45, 7) is 16.0. The number of aryl methyl sites for hydroxylation is 2. The molecule has 1 N–H and O–H groups in total. The molecule has 1 aromatic rings. The molecule has 0 saturated heterocycles. The fourth-order valence-corrected chi connectivity index (χ4v) is 2.19. The van der Waals surface area contributed by atoms with Gasteiger partial charge >= 0.3 is 0 Å². The van der Waals surface area contributed by atoms with Gasteiger partial charge in [-0.3, -0.25) is 4.79 Å². The van der Waals surface area contributed by atoms with Crippen LogP contribution in [-0.2, 0) is 16.6 Å². The Balaban J connectivity index is 2.40. The van der Waals surface area contributed by atoms with Crippen molar-refractivity contribution in [1.29, 1.82) is 0 Å². The second-order valence-electron chi connectivity index (χ2n) is 6.65. The van der Waals surface area contributed by atoms with Gasteiger partial charge in [-0.15, -0.1) is 0 Å². The lowest BCUT2D eigenvalue weighted by molar-refractivity contribution is -0.121. The van der Waals surface area contributed by atoms with Crippen LogP contribution in [0.1, 0.15) is 58.4 Å². The molecule has 0 spiro atoms. The zero-order chi connectivity index (χ0) is 16.8. The predicted octanol–water partition coefficient (Wildman–Crippen LogP) is 2.67. The van der Waals surface area contributed by atoms with Crippen molar-refractivity contribution in [3.05, 3.63) is 17.3 Å². The van der Waals surface area contributed by atoms with Crippen molar-refractivity contribution in [2.45, 2.75) is 59.8 Å². The van der Waals surface area contributed by atoms with E-state index in [1.807, 2.05) is 6.92 Å². The van der Waals surface area contributed by atoms with Crippen LogP contribution in [0.4, 0.5) is 0 Å². The first kappa shape index (κ1) is 18.7. The van der Waals surface area contributed by atoms with Crippen LogP contribution >= 0.6 is 0 Å². The number of aromatic nitrogens is 1. The molecular weight excluding hydrogens is 278 g/mol. The molecule has 0 aliphatic carbocycles. The van der Waals surface area contributed by atoms with Crippen LogP contribution in [0.25, 0.3) is 0 Å². The van der Waals surface area contributed by atoms with Gasteiger partial charge in [0.1, 0.15) is 5.76 Å². The van der Waals surface area contributed by atoms with Gasteiger partial charge in [0.15, 0.2) is 5.89 Å². The number of nitrogens with one attached hydrogen (secondary N) is 1. The number of rotatable bonds is 8. The van der Waals surface area contributed by atoms with E-state index in [4.69, 9.17) is 4.42 Å². The second-order valence-corrected chi connectivity index (χ2v) is 6.65. The zero-order valence-corrected chi connectivity index (χ0v) is 15.0. The van der Waals surface area contributed by atoms with Crippen molar-refractivity contribution in [3.63, 3.8) is 0 Å². The predicted molar refractivity (Wildman–Crippen MR) is 89.1 cm³/mol. The highest BCUT2D eigenvalue weighted by molar-refractivity contribution is 5.76. The number of carbonyl (C=O) groups is 1. The monoisotopic (exact) mass is 309 g/mol. The molecule has 0 radical (unpaired) electrons. The summed E-state index contributed by atoms with van der Waals surface area (Å²) in [5.41, 5.74) is 0.788. The minimum atomic E-state index is -0.102. The number of carbonyl (C=O) groups excluding carboxylic acids is 1. The third kappa shape index (κ3) is 5.79. The van der Waals surface area contributed by atoms with Crippen LogP contribution in [0.5, 0.6) is 0 Å². The van der Waals surface area contributed by atoms with Crippen LogP contribution in [0.15, 0.2) is 4.42 Å². The lowest BCUT2D eigenvalue weighted by Gasteiger charge is -2.17. The molecule has 0 bridgehead atoms. The van der Waals surface area contributed by atoms with Crippen molar-refractivity contribution in [2.75, 3.05) is 26.2 Å². The quantitative estimate of drug-likeness (QED) is 0.802. The molecule has 1 amide bonds. The van der Waals surface area contributed by atoms with E-state index < -0.39 is 0 Å². The Kier molecular flexibility index (Phi) is 7.07. The van der Waals surface area contributed by atoms with Crippen LogP contribution in [0.2, 0.25) is 0 Å². The molecule has 22 heavy (non-hydrogen) atoms. The summed E-state index contributed by atoms with van der Waals surface area (Å²) >= 11 is 0. The van der Waals surface area contributed by atoms with Crippen molar-refractivity contribution in [3.8, 4) is 0 Å². The van der Waals surface area contributed by atoms with E-state index in [9.17, 15) is 4.79 Å². The number of hydrogen-bond acceptors (Lipinski definition) is 4. The zero-order valence-electron chi connectivity index (χ0n) is 15.0. The summed E-state index contributed by atoms with van der Waals surface area (Å²) in [5, 5.41) is 2.97. The van der Waals surface area contributed by atoms with Gasteiger partial charge in [0.2, 0.25) is 5.91 Å². The maximum atomic E-state index is 11.9. The van der Waals surface area contributed by atoms with Gasteiger partial charge in [-0.1, -0.05) is 34.6 Å². The van der Waals surface area contributed by atoms with E-state index in [-0.39, 0.29) is 11.3 Å². The number of hydrogen-bond donors (Lipinski definition) is 1. The first-order chi connectivity index (χ1) is 10.3. The fourth-order valence-electron chi connectivity index (χ4n) is 2.19. The minimum Gasteiger partial charge on any atom is -0.445 e. The summed E-state index contributed by atoms with van der Waals surface area (Å²) in [4.78, 5) is 18.6. The van der Waals surface area contributed by atoms with Gasteiger partial charge in [0, 0.05) is 31.3 Å². The van der Waals surface area contributed by atoms with Crippen molar-refractivity contribution in [1.82, 2.24) is 15.2 Å². The summed E-state index contributed by atoms with van der Waals surface area (Å²) in [5.74, 6) is 1.63. The molecule has 5 nitrogen and oxygen atoms in total. The Labute approximate surface area is 134 Å². The molecule has 0 saturated carbocycles. The van der Waals surface area contributed by atoms with E-state index in [1.54, 1.807) is 0 Å². The summed E-state index contributed by atoms with van der Waals surface area (Å²) in [6.07, 6.45) is 1.05. The number of nitrogens with zero attached hydrogens (tertiary/aromatic N) is 2. The van der Waals surface area contributed by atoms with Crippen molar-refractivity contribution >= 4 is 5.91 Å². The molecule has 0 fully saturated rings. The Hall–Kier alpha value is -1.36. The third-order valence-corrected chi connectivity index (χ3v) is 3.76. The highest BCUT2D eigenvalue weighted by Gasteiger charge is 2.22. The van der Waals surface area contributed by atoms with Crippen LogP contribution in [-0.4, -0.2) is 42.0 Å². The maximum Gasteiger partial charge on any atom is 0.220 e. The van der Waals surface area contributed by atoms with Gasteiger partial charge < -0.3 is 14.6 Å². The fraction of sp³-hybridized carbons (Fsp3) is 0.765. The van der Waals surface area contributed by atoms with Crippen LogP contribution in [0, 0.1) is 6.92 Å². The molecular formula is C17H31N3O2. The summed E-state index contributed by atoms with van der Waals surface area (Å²) < 4.78 is 5.81. The van der Waals surface area contributed by atoms with E-state index in [1.165, 1.54) is 0 Å². The average molecular weight is 309 g/mol. The molecule has 0 aliphatic rings. The lowest BCUT2D eigenvalue weighted by atomic mass is 9.97. The highest BCUT2D eigenvalue weighted by Crippen LogP contribution is 2.24. The first-order valence-corrected chi connectivity index (χ1v) is 8.23.